The molecule has 0 amide bonds. The zero-order valence-corrected chi connectivity index (χ0v) is 13.2. The number of piperidine rings is 2. The van der Waals surface area contributed by atoms with E-state index >= 15 is 0 Å². The first kappa shape index (κ1) is 13.0. The summed E-state index contributed by atoms with van der Waals surface area (Å²) in [6.45, 7) is 3.68. The fourth-order valence-corrected chi connectivity index (χ4v) is 4.81. The van der Waals surface area contributed by atoms with Crippen molar-refractivity contribution in [2.24, 2.45) is 0 Å². The molecule has 2 fully saturated rings. The first-order valence-electron chi connectivity index (χ1n) is 9.01. The van der Waals surface area contributed by atoms with Gasteiger partial charge in [0.15, 0.2) is 0 Å². The monoisotopic (exact) mass is 295 g/mol. The van der Waals surface area contributed by atoms with E-state index in [0.29, 0.717) is 6.04 Å². The third-order valence-corrected chi connectivity index (χ3v) is 6.00. The van der Waals surface area contributed by atoms with E-state index in [4.69, 9.17) is 0 Å². The number of hydrogen-bond donors (Lipinski definition) is 2. The van der Waals surface area contributed by atoms with Gasteiger partial charge in [0.25, 0.3) is 0 Å². The summed E-state index contributed by atoms with van der Waals surface area (Å²) in [5.74, 6) is 2.21. The van der Waals surface area contributed by atoms with Gasteiger partial charge in [-0.15, -0.1) is 0 Å². The summed E-state index contributed by atoms with van der Waals surface area (Å²) in [6, 6.07) is 7.80. The van der Waals surface area contributed by atoms with E-state index in [1.165, 1.54) is 80.4 Å². The number of anilines is 1. The van der Waals surface area contributed by atoms with Crippen LogP contribution in [0.4, 0.5) is 5.82 Å². The molecule has 0 aliphatic carbocycles. The van der Waals surface area contributed by atoms with Crippen molar-refractivity contribution in [3.8, 4) is 0 Å². The second-order valence-corrected chi connectivity index (χ2v) is 7.38. The highest BCUT2D eigenvalue weighted by atomic mass is 15.2. The van der Waals surface area contributed by atoms with Crippen molar-refractivity contribution < 1.29 is 0 Å². The van der Waals surface area contributed by atoms with Gasteiger partial charge in [0.2, 0.25) is 0 Å². The van der Waals surface area contributed by atoms with Gasteiger partial charge >= 0.3 is 0 Å². The molecule has 0 radical (unpaired) electrons. The summed E-state index contributed by atoms with van der Waals surface area (Å²) in [6.07, 6.45) is 7.93. The molecule has 1 atom stereocenters. The molecule has 2 N–H and O–H groups in total. The number of benzene rings is 1. The number of nitrogens with zero attached hydrogens (tertiary/aromatic N) is 1. The Hall–Kier alpha value is -1.48. The molecule has 6 rings (SSSR count). The predicted molar refractivity (Wildman–Crippen MR) is 91.8 cm³/mol. The van der Waals surface area contributed by atoms with Crippen LogP contribution in [0, 0.1) is 0 Å². The quantitative estimate of drug-likeness (QED) is 0.888. The molecule has 3 nitrogen and oxygen atoms in total. The van der Waals surface area contributed by atoms with E-state index in [2.05, 4.69) is 33.4 Å². The number of H-pyrrole nitrogens is 1. The molecule has 0 saturated carbocycles. The molecule has 2 bridgehead atoms. The van der Waals surface area contributed by atoms with E-state index in [1.807, 2.05) is 0 Å². The van der Waals surface area contributed by atoms with Crippen molar-refractivity contribution in [1.29, 1.82) is 0 Å². The molecule has 3 heteroatoms. The van der Waals surface area contributed by atoms with Crippen LogP contribution in [0.1, 0.15) is 49.1 Å². The molecule has 4 aliphatic heterocycles. The third-order valence-electron chi connectivity index (χ3n) is 6.00. The molecular formula is C19H25N3. The maximum Gasteiger partial charge on any atom is 0.110 e. The van der Waals surface area contributed by atoms with Crippen molar-refractivity contribution in [3.63, 3.8) is 0 Å². The van der Waals surface area contributed by atoms with Gasteiger partial charge < -0.3 is 15.2 Å². The van der Waals surface area contributed by atoms with Crippen molar-refractivity contribution in [1.82, 2.24) is 10.3 Å². The number of aromatic nitrogens is 1. The Morgan fingerprint density at radius 3 is 2.82 bits per heavy atom. The molecule has 2 aromatic rings. The smallest absolute Gasteiger partial charge is 0.110 e. The molecule has 4 aliphatic rings. The lowest BCUT2D eigenvalue weighted by Crippen LogP contribution is -2.38. The lowest BCUT2D eigenvalue weighted by Gasteiger charge is -2.40. The van der Waals surface area contributed by atoms with Crippen LogP contribution < -0.4 is 10.2 Å². The van der Waals surface area contributed by atoms with Gasteiger partial charge in [-0.25, -0.2) is 0 Å². The Morgan fingerprint density at radius 1 is 1.09 bits per heavy atom. The molecule has 116 valence electrons. The van der Waals surface area contributed by atoms with Gasteiger partial charge in [-0.3, -0.25) is 0 Å². The summed E-state index contributed by atoms with van der Waals surface area (Å²) >= 11 is 0. The largest absolute Gasteiger partial charge is 0.358 e. The second kappa shape index (κ2) is 5.02. The van der Waals surface area contributed by atoms with Crippen LogP contribution in [0.3, 0.4) is 0 Å². The minimum Gasteiger partial charge on any atom is -0.358 e. The first-order valence-corrected chi connectivity index (χ1v) is 9.01. The summed E-state index contributed by atoms with van der Waals surface area (Å²) in [5, 5.41) is 5.18. The Kier molecular flexibility index (Phi) is 2.97. The normalized spacial score (nSPS) is 24.9. The zero-order valence-electron chi connectivity index (χ0n) is 13.2. The lowest BCUT2D eigenvalue weighted by molar-refractivity contribution is 0.399. The van der Waals surface area contributed by atoms with Crippen molar-refractivity contribution in [2.45, 2.75) is 50.5 Å². The lowest BCUT2D eigenvalue weighted by atomic mass is 9.84. The third kappa shape index (κ3) is 1.98. The Labute approximate surface area is 132 Å². The van der Waals surface area contributed by atoms with Crippen LogP contribution >= 0.6 is 0 Å². The van der Waals surface area contributed by atoms with Crippen LogP contribution in [0.25, 0.3) is 10.9 Å². The van der Waals surface area contributed by atoms with E-state index in [1.54, 1.807) is 5.56 Å². The minimum absolute atomic E-state index is 0.682. The van der Waals surface area contributed by atoms with Gasteiger partial charge in [-0.1, -0.05) is 12.5 Å². The summed E-state index contributed by atoms with van der Waals surface area (Å²) in [7, 11) is 0. The maximum absolute atomic E-state index is 3.69. The van der Waals surface area contributed by atoms with Crippen LogP contribution in [-0.4, -0.2) is 30.7 Å². The average Bonchev–Trinajstić information content (AvgIpc) is 2.98. The number of aromatic amines is 1. The predicted octanol–water partition coefficient (Wildman–Crippen LogP) is 3.55. The van der Waals surface area contributed by atoms with E-state index in [-0.39, 0.29) is 0 Å². The highest BCUT2D eigenvalue weighted by Crippen LogP contribution is 2.45. The summed E-state index contributed by atoms with van der Waals surface area (Å²) in [4.78, 5) is 6.24. The highest BCUT2D eigenvalue weighted by Gasteiger charge is 2.33. The molecular weight excluding hydrogens is 270 g/mol. The van der Waals surface area contributed by atoms with Crippen LogP contribution in [-0.2, 0) is 6.42 Å². The Morgan fingerprint density at radius 2 is 2.00 bits per heavy atom. The summed E-state index contributed by atoms with van der Waals surface area (Å²) < 4.78 is 0. The van der Waals surface area contributed by atoms with Crippen molar-refractivity contribution >= 4 is 16.7 Å². The number of hydrogen-bond acceptors (Lipinski definition) is 2. The number of nitrogens with one attached hydrogen (secondary N) is 2. The van der Waals surface area contributed by atoms with Crippen molar-refractivity contribution in [2.75, 3.05) is 24.5 Å². The van der Waals surface area contributed by atoms with Gasteiger partial charge in [0, 0.05) is 35.6 Å². The zero-order chi connectivity index (χ0) is 14.5. The first-order chi connectivity index (χ1) is 10.9. The van der Waals surface area contributed by atoms with E-state index in [9.17, 15) is 0 Å². The molecule has 2 saturated heterocycles. The minimum atomic E-state index is 0.682. The standard InChI is InChI=1S/C19H25N3/c1-2-8-20-15(3-1)11-13-4-5-17-16(12-13)18-14-6-9-22(10-7-14)19(18)21-17/h4-5,12,14-15,20-21H,1-3,6-11H2. The van der Waals surface area contributed by atoms with Gasteiger partial charge in [0.1, 0.15) is 5.82 Å². The second-order valence-electron chi connectivity index (χ2n) is 7.38. The molecule has 1 aromatic carbocycles. The van der Waals surface area contributed by atoms with Crippen LogP contribution in [0.15, 0.2) is 18.2 Å². The van der Waals surface area contributed by atoms with Gasteiger partial charge in [-0.2, -0.15) is 0 Å². The molecule has 0 spiro atoms. The van der Waals surface area contributed by atoms with E-state index < -0.39 is 0 Å². The highest BCUT2D eigenvalue weighted by molar-refractivity contribution is 5.91. The molecule has 22 heavy (non-hydrogen) atoms. The Bertz CT molecular complexity index is 688. The average molecular weight is 295 g/mol. The van der Waals surface area contributed by atoms with Crippen molar-refractivity contribution in [3.05, 3.63) is 29.3 Å². The Balaban J connectivity index is 1.52. The fourth-order valence-electron chi connectivity index (χ4n) is 4.81. The van der Waals surface area contributed by atoms with Crippen LogP contribution in [0.2, 0.25) is 0 Å². The SMILES string of the molecule is c1cc2[nH]c3c(c2cc1CC1CCCCN1)C1CCN3CC1. The topological polar surface area (TPSA) is 31.1 Å². The van der Waals surface area contributed by atoms with E-state index in [0.717, 1.165) is 5.92 Å². The number of rotatable bonds is 2. The molecule has 1 aromatic heterocycles. The summed E-state index contributed by atoms with van der Waals surface area (Å²) in [5.41, 5.74) is 4.46. The maximum atomic E-state index is 3.69. The van der Waals surface area contributed by atoms with Gasteiger partial charge in [0.05, 0.1) is 0 Å². The van der Waals surface area contributed by atoms with Crippen LogP contribution in [0.5, 0.6) is 0 Å². The number of fused-ring (bicyclic) bond motifs is 3. The molecule has 1 unspecified atom stereocenters. The van der Waals surface area contributed by atoms with Gasteiger partial charge in [-0.05, 0) is 62.3 Å². The fraction of sp³-hybridized carbons (Fsp3) is 0.579. The molecule has 5 heterocycles.